The number of hydrogen-bond acceptors (Lipinski definition) is 2. The highest BCUT2D eigenvalue weighted by Gasteiger charge is 2.26. The van der Waals surface area contributed by atoms with Crippen LogP contribution in [0.1, 0.15) is 38.3 Å². The molecule has 28 heavy (non-hydrogen) atoms. The normalized spacial score (nSPS) is 17.2. The maximum atomic E-state index is 13.0. The number of carbonyl (C=O) groups is 1. The lowest BCUT2D eigenvalue weighted by Gasteiger charge is -2.36. The number of amides is 2. The molecule has 1 aliphatic rings. The summed E-state index contributed by atoms with van der Waals surface area (Å²) in [5.74, 6) is 0. The second kappa shape index (κ2) is 8.09. The van der Waals surface area contributed by atoms with Gasteiger partial charge in [0.15, 0.2) is 0 Å². The predicted molar refractivity (Wildman–Crippen MR) is 113 cm³/mol. The van der Waals surface area contributed by atoms with Crippen molar-refractivity contribution in [2.24, 2.45) is 0 Å². The van der Waals surface area contributed by atoms with Gasteiger partial charge in [0.25, 0.3) is 0 Å². The second-order valence-corrected chi connectivity index (χ2v) is 7.67. The van der Waals surface area contributed by atoms with Crippen LogP contribution in [0.2, 0.25) is 0 Å². The van der Waals surface area contributed by atoms with Crippen LogP contribution in [0.3, 0.4) is 0 Å². The number of aryl methyl sites for hydroxylation is 3. The van der Waals surface area contributed by atoms with E-state index in [1.54, 1.807) is 6.20 Å². The molecule has 1 saturated heterocycles. The number of rotatable bonds is 5. The first-order valence-corrected chi connectivity index (χ1v) is 10.3. The maximum absolute atomic E-state index is 13.0. The number of benzene rings is 1. The number of nitrogens with zero attached hydrogens (tertiary/aromatic N) is 4. The largest absolute Gasteiger partial charge is 0.345 e. The molecule has 3 aromatic rings. The van der Waals surface area contributed by atoms with Crippen molar-refractivity contribution in [2.75, 3.05) is 11.9 Å². The summed E-state index contributed by atoms with van der Waals surface area (Å²) < 4.78 is 4.37. The minimum absolute atomic E-state index is 0.0151. The van der Waals surface area contributed by atoms with Gasteiger partial charge in [-0.3, -0.25) is 0 Å². The van der Waals surface area contributed by atoms with Crippen LogP contribution in [0.4, 0.5) is 10.5 Å². The van der Waals surface area contributed by atoms with Crippen LogP contribution in [-0.2, 0) is 13.1 Å². The van der Waals surface area contributed by atoms with Gasteiger partial charge in [0, 0.05) is 60.4 Å². The zero-order chi connectivity index (χ0) is 19.5. The first kappa shape index (κ1) is 18.6. The highest BCUT2D eigenvalue weighted by molar-refractivity contribution is 5.93. The maximum Gasteiger partial charge on any atom is 0.322 e. The van der Waals surface area contributed by atoms with E-state index in [0.29, 0.717) is 0 Å². The SMILES string of the molecule is CCn1c(C)cc2cc(NC(=O)N3CCCC[C@@H]3CCn3ccnc3)ccc21. The van der Waals surface area contributed by atoms with Crippen LogP contribution in [0.25, 0.3) is 10.9 Å². The van der Waals surface area contributed by atoms with Crippen molar-refractivity contribution in [1.29, 1.82) is 0 Å². The Morgan fingerprint density at radius 3 is 2.96 bits per heavy atom. The van der Waals surface area contributed by atoms with Gasteiger partial charge in [-0.05, 0) is 63.8 Å². The lowest BCUT2D eigenvalue weighted by Crippen LogP contribution is -2.46. The van der Waals surface area contributed by atoms with Gasteiger partial charge >= 0.3 is 6.03 Å². The first-order valence-electron chi connectivity index (χ1n) is 10.3. The fraction of sp³-hybridized carbons (Fsp3) is 0.455. The summed E-state index contributed by atoms with van der Waals surface area (Å²) in [5.41, 5.74) is 3.33. The standard InChI is InChI=1S/C22H29N5O/c1-3-26-17(2)14-18-15-19(7-8-21(18)26)24-22(28)27-11-5-4-6-20(27)9-12-25-13-10-23-16-25/h7-8,10,13-16,20H,3-6,9,11-12H2,1-2H3,(H,24,28)/t20-/m1/s1. The molecule has 0 bridgehead atoms. The molecule has 0 aliphatic carbocycles. The highest BCUT2D eigenvalue weighted by atomic mass is 16.2. The highest BCUT2D eigenvalue weighted by Crippen LogP contribution is 2.25. The molecule has 0 spiro atoms. The van der Waals surface area contributed by atoms with Crippen LogP contribution in [0, 0.1) is 6.92 Å². The van der Waals surface area contributed by atoms with E-state index in [0.717, 1.165) is 44.6 Å². The average molecular weight is 380 g/mol. The Kier molecular flexibility index (Phi) is 5.37. The Labute approximate surface area is 166 Å². The average Bonchev–Trinajstić information content (AvgIpc) is 3.32. The monoisotopic (exact) mass is 379 g/mol. The van der Waals surface area contributed by atoms with E-state index in [2.05, 4.69) is 51.5 Å². The van der Waals surface area contributed by atoms with Gasteiger partial charge in [-0.25, -0.2) is 9.78 Å². The number of hydrogen-bond donors (Lipinski definition) is 1. The van der Waals surface area contributed by atoms with E-state index in [1.165, 1.54) is 23.0 Å². The van der Waals surface area contributed by atoms with Gasteiger partial charge in [0.2, 0.25) is 0 Å². The third-order valence-electron chi connectivity index (χ3n) is 5.84. The lowest BCUT2D eigenvalue weighted by atomic mass is 9.99. The molecule has 1 aliphatic heterocycles. The Hall–Kier alpha value is -2.76. The van der Waals surface area contributed by atoms with Crippen molar-refractivity contribution >= 4 is 22.6 Å². The minimum Gasteiger partial charge on any atom is -0.345 e. The van der Waals surface area contributed by atoms with E-state index in [4.69, 9.17) is 0 Å². The molecule has 0 radical (unpaired) electrons. The molecule has 6 heteroatoms. The van der Waals surface area contributed by atoms with Crippen LogP contribution >= 0.6 is 0 Å². The number of nitrogens with one attached hydrogen (secondary N) is 1. The number of fused-ring (bicyclic) bond motifs is 1. The fourth-order valence-corrected chi connectivity index (χ4v) is 4.39. The minimum atomic E-state index is 0.0151. The summed E-state index contributed by atoms with van der Waals surface area (Å²) in [4.78, 5) is 19.1. The van der Waals surface area contributed by atoms with Crippen molar-refractivity contribution in [2.45, 2.75) is 58.7 Å². The molecule has 148 valence electrons. The van der Waals surface area contributed by atoms with Crippen molar-refractivity contribution < 1.29 is 4.79 Å². The molecule has 2 amide bonds. The van der Waals surface area contributed by atoms with Gasteiger partial charge in [-0.15, -0.1) is 0 Å². The molecule has 2 aromatic heterocycles. The summed E-state index contributed by atoms with van der Waals surface area (Å²) >= 11 is 0. The molecular weight excluding hydrogens is 350 g/mol. The van der Waals surface area contributed by atoms with E-state index in [9.17, 15) is 4.79 Å². The van der Waals surface area contributed by atoms with Gasteiger partial charge < -0.3 is 19.4 Å². The van der Waals surface area contributed by atoms with Gasteiger partial charge in [0.1, 0.15) is 0 Å². The molecule has 4 rings (SSSR count). The van der Waals surface area contributed by atoms with E-state index < -0.39 is 0 Å². The number of aromatic nitrogens is 3. The summed E-state index contributed by atoms with van der Waals surface area (Å²) in [5, 5.41) is 4.31. The van der Waals surface area contributed by atoms with Crippen molar-refractivity contribution in [3.63, 3.8) is 0 Å². The smallest absolute Gasteiger partial charge is 0.322 e. The van der Waals surface area contributed by atoms with Gasteiger partial charge in [-0.1, -0.05) is 0 Å². The number of piperidine rings is 1. The van der Waals surface area contributed by atoms with Crippen LogP contribution in [0.5, 0.6) is 0 Å². The number of anilines is 1. The topological polar surface area (TPSA) is 55.1 Å². The molecule has 3 heterocycles. The molecule has 1 atom stereocenters. The second-order valence-electron chi connectivity index (χ2n) is 7.67. The number of imidazole rings is 1. The Balaban J connectivity index is 1.45. The van der Waals surface area contributed by atoms with Crippen molar-refractivity contribution in [3.05, 3.63) is 48.7 Å². The number of urea groups is 1. The summed E-state index contributed by atoms with van der Waals surface area (Å²) in [6.07, 6.45) is 9.91. The number of likely N-dealkylation sites (tertiary alicyclic amines) is 1. The molecule has 0 unspecified atom stereocenters. The van der Waals surface area contributed by atoms with Gasteiger partial charge in [0.05, 0.1) is 6.33 Å². The van der Waals surface area contributed by atoms with Crippen LogP contribution in [0.15, 0.2) is 43.0 Å². The third kappa shape index (κ3) is 3.77. The zero-order valence-corrected chi connectivity index (χ0v) is 16.8. The number of carbonyl (C=O) groups excluding carboxylic acids is 1. The van der Waals surface area contributed by atoms with Crippen LogP contribution < -0.4 is 5.32 Å². The predicted octanol–water partition coefficient (Wildman–Crippen LogP) is 4.64. The summed E-state index contributed by atoms with van der Waals surface area (Å²) in [6, 6.07) is 8.68. The van der Waals surface area contributed by atoms with Crippen molar-refractivity contribution in [3.8, 4) is 0 Å². The third-order valence-corrected chi connectivity index (χ3v) is 5.84. The summed E-state index contributed by atoms with van der Waals surface area (Å²) in [6.45, 7) is 6.95. The molecule has 1 aromatic carbocycles. The quantitative estimate of drug-likeness (QED) is 0.702. The Morgan fingerprint density at radius 2 is 2.18 bits per heavy atom. The van der Waals surface area contributed by atoms with Gasteiger partial charge in [-0.2, -0.15) is 0 Å². The first-order chi connectivity index (χ1) is 13.7. The molecular formula is C22H29N5O. The van der Waals surface area contributed by atoms with E-state index in [1.807, 2.05) is 23.5 Å². The molecule has 6 nitrogen and oxygen atoms in total. The van der Waals surface area contributed by atoms with Crippen molar-refractivity contribution in [1.82, 2.24) is 19.0 Å². The lowest BCUT2D eigenvalue weighted by molar-refractivity contribution is 0.155. The molecule has 1 N–H and O–H groups in total. The Morgan fingerprint density at radius 1 is 1.29 bits per heavy atom. The molecule has 0 saturated carbocycles. The van der Waals surface area contributed by atoms with E-state index in [-0.39, 0.29) is 12.1 Å². The fourth-order valence-electron chi connectivity index (χ4n) is 4.39. The zero-order valence-electron chi connectivity index (χ0n) is 16.8. The summed E-state index contributed by atoms with van der Waals surface area (Å²) in [7, 11) is 0. The van der Waals surface area contributed by atoms with E-state index >= 15 is 0 Å². The Bertz CT molecular complexity index is 943. The van der Waals surface area contributed by atoms with Crippen LogP contribution in [-0.4, -0.2) is 37.6 Å². The molecule has 1 fully saturated rings.